The maximum atomic E-state index is 12.9. The van der Waals surface area contributed by atoms with Crippen LogP contribution < -0.4 is 5.32 Å². The van der Waals surface area contributed by atoms with Crippen LogP contribution >= 0.6 is 15.9 Å². The number of nitrogens with one attached hydrogen (secondary N) is 1. The van der Waals surface area contributed by atoms with Crippen molar-refractivity contribution >= 4 is 15.9 Å². The van der Waals surface area contributed by atoms with Crippen LogP contribution in [0.1, 0.15) is 18.9 Å². The molecular formula is C12H17BrFNO. The maximum Gasteiger partial charge on any atom is 0.124 e. The van der Waals surface area contributed by atoms with E-state index in [4.69, 9.17) is 0 Å². The summed E-state index contributed by atoms with van der Waals surface area (Å²) < 4.78 is 13.6. The van der Waals surface area contributed by atoms with Crippen molar-refractivity contribution in [2.24, 2.45) is 0 Å². The van der Waals surface area contributed by atoms with Gasteiger partial charge in [-0.15, -0.1) is 0 Å². The van der Waals surface area contributed by atoms with Crippen LogP contribution in [0.4, 0.5) is 4.39 Å². The van der Waals surface area contributed by atoms with Gasteiger partial charge in [-0.1, -0.05) is 22.0 Å². The van der Waals surface area contributed by atoms with E-state index in [1.807, 2.05) is 7.05 Å². The lowest BCUT2D eigenvalue weighted by atomic mass is 9.93. The number of hydrogen-bond acceptors (Lipinski definition) is 2. The topological polar surface area (TPSA) is 32.3 Å². The Kier molecular flexibility index (Phi) is 4.89. The summed E-state index contributed by atoms with van der Waals surface area (Å²) in [7, 11) is 1.85. The largest absolute Gasteiger partial charge is 0.390 e. The number of halogens is 2. The molecule has 0 bridgehead atoms. The molecule has 90 valence electrons. The molecule has 0 fully saturated rings. The highest BCUT2D eigenvalue weighted by atomic mass is 79.9. The Morgan fingerprint density at radius 3 is 2.75 bits per heavy atom. The van der Waals surface area contributed by atoms with Crippen molar-refractivity contribution in [3.05, 3.63) is 34.1 Å². The molecule has 1 aromatic rings. The van der Waals surface area contributed by atoms with Gasteiger partial charge in [-0.05, 0) is 44.6 Å². The molecule has 2 N–H and O–H groups in total. The molecule has 0 aliphatic heterocycles. The minimum atomic E-state index is -0.774. The first-order valence-corrected chi connectivity index (χ1v) is 6.05. The first kappa shape index (κ1) is 13.6. The molecule has 0 aliphatic carbocycles. The van der Waals surface area contributed by atoms with Crippen molar-refractivity contribution < 1.29 is 9.50 Å². The molecule has 0 heterocycles. The standard InChI is InChI=1S/C12H17BrFNO/c1-12(16,5-6-15-2)8-9-3-4-10(14)7-11(9)13/h3-4,7,15-16H,5-6,8H2,1-2H3. The summed E-state index contributed by atoms with van der Waals surface area (Å²) in [5.41, 5.74) is 0.145. The van der Waals surface area contributed by atoms with Gasteiger partial charge in [-0.3, -0.25) is 0 Å². The molecule has 0 saturated carbocycles. The highest BCUT2D eigenvalue weighted by Crippen LogP contribution is 2.24. The van der Waals surface area contributed by atoms with Crippen LogP contribution in [0.25, 0.3) is 0 Å². The molecule has 1 aromatic carbocycles. The lowest BCUT2D eigenvalue weighted by Gasteiger charge is -2.23. The predicted molar refractivity (Wildman–Crippen MR) is 67.0 cm³/mol. The molecule has 0 aromatic heterocycles. The van der Waals surface area contributed by atoms with E-state index in [1.165, 1.54) is 12.1 Å². The summed E-state index contributed by atoms with van der Waals surface area (Å²) in [6, 6.07) is 4.53. The maximum absolute atomic E-state index is 12.9. The van der Waals surface area contributed by atoms with Gasteiger partial charge < -0.3 is 10.4 Å². The summed E-state index contributed by atoms with van der Waals surface area (Å²) in [6.07, 6.45) is 1.17. The lowest BCUT2D eigenvalue weighted by molar-refractivity contribution is 0.0518. The van der Waals surface area contributed by atoms with E-state index in [-0.39, 0.29) is 5.82 Å². The minimum absolute atomic E-state index is 0.273. The third kappa shape index (κ3) is 4.20. The van der Waals surface area contributed by atoms with E-state index >= 15 is 0 Å². The highest BCUT2D eigenvalue weighted by Gasteiger charge is 2.21. The van der Waals surface area contributed by atoms with Crippen LogP contribution in [0, 0.1) is 5.82 Å². The van der Waals surface area contributed by atoms with Crippen LogP contribution in [0.15, 0.2) is 22.7 Å². The molecule has 1 atom stereocenters. The molecule has 0 radical (unpaired) electrons. The molecule has 0 amide bonds. The third-order valence-corrected chi connectivity index (χ3v) is 3.24. The van der Waals surface area contributed by atoms with Crippen LogP contribution in [0.5, 0.6) is 0 Å². The van der Waals surface area contributed by atoms with Crippen LogP contribution in [-0.4, -0.2) is 24.3 Å². The monoisotopic (exact) mass is 289 g/mol. The van der Waals surface area contributed by atoms with Crippen LogP contribution in [0.3, 0.4) is 0 Å². The SMILES string of the molecule is CNCCC(C)(O)Cc1ccc(F)cc1Br. The molecule has 4 heteroatoms. The van der Waals surface area contributed by atoms with E-state index in [0.717, 1.165) is 12.1 Å². The molecule has 2 nitrogen and oxygen atoms in total. The fourth-order valence-corrected chi connectivity index (χ4v) is 2.05. The third-order valence-electron chi connectivity index (χ3n) is 2.50. The average Bonchev–Trinajstić information content (AvgIpc) is 2.19. The predicted octanol–water partition coefficient (Wildman–Crippen LogP) is 2.49. The summed E-state index contributed by atoms with van der Waals surface area (Å²) >= 11 is 3.30. The van der Waals surface area contributed by atoms with Gasteiger partial charge >= 0.3 is 0 Å². The van der Waals surface area contributed by atoms with E-state index in [0.29, 0.717) is 17.3 Å². The zero-order chi connectivity index (χ0) is 12.2. The number of aliphatic hydroxyl groups is 1. The molecule has 0 aliphatic rings. The Morgan fingerprint density at radius 2 is 2.19 bits per heavy atom. The molecule has 1 rings (SSSR count). The second-order valence-corrected chi connectivity index (χ2v) is 5.12. The Labute approximate surface area is 104 Å². The van der Waals surface area contributed by atoms with Crippen molar-refractivity contribution in [2.45, 2.75) is 25.4 Å². The van der Waals surface area contributed by atoms with Crippen molar-refractivity contribution in [1.82, 2.24) is 5.32 Å². The van der Waals surface area contributed by atoms with Crippen molar-refractivity contribution in [3.63, 3.8) is 0 Å². The van der Waals surface area contributed by atoms with Gasteiger partial charge in [0.2, 0.25) is 0 Å². The fraction of sp³-hybridized carbons (Fsp3) is 0.500. The quantitative estimate of drug-likeness (QED) is 0.873. The van der Waals surface area contributed by atoms with Gasteiger partial charge in [0, 0.05) is 10.9 Å². The molecule has 0 saturated heterocycles. The van der Waals surface area contributed by atoms with Gasteiger partial charge in [-0.2, -0.15) is 0 Å². The van der Waals surface area contributed by atoms with E-state index in [9.17, 15) is 9.50 Å². The smallest absolute Gasteiger partial charge is 0.124 e. The van der Waals surface area contributed by atoms with Crippen molar-refractivity contribution in [1.29, 1.82) is 0 Å². The first-order valence-electron chi connectivity index (χ1n) is 5.25. The van der Waals surface area contributed by atoms with E-state index in [2.05, 4.69) is 21.2 Å². The van der Waals surface area contributed by atoms with Crippen molar-refractivity contribution in [2.75, 3.05) is 13.6 Å². The summed E-state index contributed by atoms with van der Waals surface area (Å²) in [6.45, 7) is 2.55. The molecular weight excluding hydrogens is 273 g/mol. The Bertz CT molecular complexity index is 355. The van der Waals surface area contributed by atoms with Gasteiger partial charge in [0.15, 0.2) is 0 Å². The highest BCUT2D eigenvalue weighted by molar-refractivity contribution is 9.10. The lowest BCUT2D eigenvalue weighted by Crippen LogP contribution is -2.31. The normalized spacial score (nSPS) is 14.8. The number of hydrogen-bond donors (Lipinski definition) is 2. The Hall–Kier alpha value is -0.450. The molecule has 0 spiro atoms. The van der Waals surface area contributed by atoms with Crippen molar-refractivity contribution in [3.8, 4) is 0 Å². The average molecular weight is 290 g/mol. The van der Waals surface area contributed by atoms with Gasteiger partial charge in [0.05, 0.1) is 5.60 Å². The molecule has 16 heavy (non-hydrogen) atoms. The Balaban J connectivity index is 2.71. The van der Waals surface area contributed by atoms with E-state index in [1.54, 1.807) is 13.0 Å². The zero-order valence-corrected chi connectivity index (χ0v) is 11.1. The summed E-state index contributed by atoms with van der Waals surface area (Å²) in [5.74, 6) is -0.273. The fourth-order valence-electron chi connectivity index (χ4n) is 1.56. The number of rotatable bonds is 5. The molecule has 1 unspecified atom stereocenters. The summed E-state index contributed by atoms with van der Waals surface area (Å²) in [5, 5.41) is 13.1. The van der Waals surface area contributed by atoms with Crippen LogP contribution in [-0.2, 0) is 6.42 Å². The second-order valence-electron chi connectivity index (χ2n) is 4.26. The second kappa shape index (κ2) is 5.75. The first-order chi connectivity index (χ1) is 7.44. The minimum Gasteiger partial charge on any atom is -0.390 e. The van der Waals surface area contributed by atoms with Crippen LogP contribution in [0.2, 0.25) is 0 Å². The zero-order valence-electron chi connectivity index (χ0n) is 9.56. The van der Waals surface area contributed by atoms with E-state index < -0.39 is 5.60 Å². The van der Waals surface area contributed by atoms with Gasteiger partial charge in [0.1, 0.15) is 5.82 Å². The summed E-state index contributed by atoms with van der Waals surface area (Å²) in [4.78, 5) is 0. The number of benzene rings is 1. The Morgan fingerprint density at radius 1 is 1.50 bits per heavy atom. The van der Waals surface area contributed by atoms with Gasteiger partial charge in [-0.25, -0.2) is 4.39 Å². The van der Waals surface area contributed by atoms with Gasteiger partial charge in [0.25, 0.3) is 0 Å².